The molecule has 0 unspecified atom stereocenters. The third-order valence-corrected chi connectivity index (χ3v) is 0. The van der Waals surface area contributed by atoms with E-state index in [9.17, 15) is 0 Å². The van der Waals surface area contributed by atoms with Gasteiger partial charge in [-0.3, -0.25) is 0 Å². The van der Waals surface area contributed by atoms with Crippen LogP contribution in [-0.4, -0.2) is 29.8 Å². The second kappa shape index (κ2) is 50.9. The molecule has 32 valence electrons. The van der Waals surface area contributed by atoms with E-state index in [1.807, 2.05) is 6.79 Å². The summed E-state index contributed by atoms with van der Waals surface area (Å²) in [7, 11) is 0. The molecule has 0 saturated heterocycles. The Morgan fingerprint density at radius 2 is 1.20 bits per heavy atom. The van der Waals surface area contributed by atoms with Crippen molar-refractivity contribution in [2.75, 3.05) is 0 Å². The van der Waals surface area contributed by atoms with Gasteiger partial charge in [-0.05, 0) is 0 Å². The first-order valence-electron chi connectivity index (χ1n) is 0.289. The summed E-state index contributed by atoms with van der Waals surface area (Å²) in [5, 5.41) is 0. The van der Waals surface area contributed by atoms with Gasteiger partial charge < -0.3 is 4.79 Å². The van der Waals surface area contributed by atoms with Gasteiger partial charge in [-0.1, -0.05) is 0 Å². The summed E-state index contributed by atoms with van der Waals surface area (Å²) in [5.74, 6) is 0. The van der Waals surface area contributed by atoms with Crippen molar-refractivity contribution in [3.05, 3.63) is 0 Å². The molecule has 0 aromatic carbocycles. The average Bonchev–Trinajstić information content (AvgIpc) is 1.00. The minimum Gasteiger partial charge on any atom is -0.307 e. The number of rotatable bonds is 0. The fraction of sp³-hybridized carbons (Fsp3) is 0. The number of carbonyl (C=O) groups is 1. The molecule has 0 aliphatic heterocycles. The van der Waals surface area contributed by atoms with E-state index in [1.165, 1.54) is 0 Å². The van der Waals surface area contributed by atoms with Crippen LogP contribution in [0.4, 0.5) is 0 Å². The second-order valence-electron chi connectivity index (χ2n) is 0. The Bertz CT molecular complexity index is 11.6. The molecule has 2 radical (unpaired) electrons. The summed E-state index contributed by atoms with van der Waals surface area (Å²) < 4.78 is 0. The van der Waals surface area contributed by atoms with Crippen LogP contribution >= 0.6 is 0 Å². The summed E-state index contributed by atoms with van der Waals surface area (Å²) >= 11 is 0. The number of hydrogen-bond donors (Lipinski definition) is 0. The zero-order valence-corrected chi connectivity index (χ0v) is 4.05. The Labute approximate surface area is 68.1 Å². The van der Waals surface area contributed by atoms with Gasteiger partial charge in [-0.2, -0.15) is 0 Å². The molecule has 1 nitrogen and oxygen atoms in total. The summed E-state index contributed by atoms with van der Waals surface area (Å²) in [4.78, 5) is 8.00. The molecule has 0 aliphatic rings. The first-order chi connectivity index (χ1) is 1.00. The van der Waals surface area contributed by atoms with Gasteiger partial charge >= 0.3 is 23.1 Å². The molecule has 0 spiro atoms. The molecular weight excluding hydrogens is 166 g/mol. The SMILES string of the molecule is C=O.[Co].[MgH2].[Mn]. The van der Waals surface area contributed by atoms with E-state index in [2.05, 4.69) is 0 Å². The van der Waals surface area contributed by atoms with Gasteiger partial charge in [0.05, 0.1) is 0 Å². The quantitative estimate of drug-likeness (QED) is 0.421. The molecule has 0 amide bonds. The van der Waals surface area contributed by atoms with Crippen LogP contribution in [-0.2, 0) is 38.6 Å². The van der Waals surface area contributed by atoms with Crippen LogP contribution < -0.4 is 0 Å². The summed E-state index contributed by atoms with van der Waals surface area (Å²) in [6.07, 6.45) is 0. The van der Waals surface area contributed by atoms with E-state index in [0.717, 1.165) is 0 Å². The predicted molar refractivity (Wildman–Crippen MR) is 15.7 cm³/mol. The van der Waals surface area contributed by atoms with Gasteiger partial charge in [-0.25, -0.2) is 0 Å². The van der Waals surface area contributed by atoms with Crippen molar-refractivity contribution in [2.24, 2.45) is 0 Å². The Hall–Kier alpha value is 1.46. The van der Waals surface area contributed by atoms with E-state index >= 15 is 0 Å². The maximum Gasteiger partial charge on any atom is 0.316 e. The van der Waals surface area contributed by atoms with Crippen LogP contribution in [0.25, 0.3) is 0 Å². The molecule has 4 heteroatoms. The van der Waals surface area contributed by atoms with Crippen molar-refractivity contribution < 1.29 is 38.6 Å². The summed E-state index contributed by atoms with van der Waals surface area (Å²) in [5.41, 5.74) is 0. The van der Waals surface area contributed by atoms with Gasteiger partial charge in [0, 0.05) is 33.8 Å². The Kier molecular flexibility index (Phi) is 324. The van der Waals surface area contributed by atoms with Crippen molar-refractivity contribution >= 4 is 29.8 Å². The molecule has 0 aromatic rings. The van der Waals surface area contributed by atoms with Gasteiger partial charge in [-0.15, -0.1) is 0 Å². The predicted octanol–water partition coefficient (Wildman–Crippen LogP) is -1.11. The minimum absolute atomic E-state index is 0. The fourth-order valence-corrected chi connectivity index (χ4v) is 0. The molecule has 0 atom stereocenters. The topological polar surface area (TPSA) is 17.1 Å². The van der Waals surface area contributed by atoms with E-state index in [1.54, 1.807) is 0 Å². The van der Waals surface area contributed by atoms with Crippen molar-refractivity contribution in [3.8, 4) is 0 Å². The zero-order chi connectivity index (χ0) is 2.00. The standard InChI is InChI=1S/CH2O.Co.Mg.Mn.2H/c1-2;;;;;/h1H2;;;;;. The number of hydrogen-bond acceptors (Lipinski definition) is 1. The fourth-order valence-electron chi connectivity index (χ4n) is 0. The maximum absolute atomic E-state index is 8.00. The Morgan fingerprint density at radius 3 is 1.20 bits per heavy atom. The van der Waals surface area contributed by atoms with Gasteiger partial charge in [0.2, 0.25) is 0 Å². The molecule has 0 aliphatic carbocycles. The smallest absolute Gasteiger partial charge is 0.307 e. The molecule has 0 bridgehead atoms. The van der Waals surface area contributed by atoms with Crippen LogP contribution in [0.1, 0.15) is 0 Å². The molecule has 0 N–H and O–H groups in total. The maximum atomic E-state index is 8.00. The summed E-state index contributed by atoms with van der Waals surface area (Å²) in [6.45, 7) is 2.00. The van der Waals surface area contributed by atoms with Crippen LogP contribution in [0.3, 0.4) is 0 Å². The van der Waals surface area contributed by atoms with E-state index in [0.29, 0.717) is 0 Å². The number of carbonyl (C=O) groups excluding carboxylic acids is 1. The molecule has 0 aromatic heterocycles. The monoisotopic (exact) mass is 170 g/mol. The molecule has 5 heavy (non-hydrogen) atoms. The zero-order valence-electron chi connectivity index (χ0n) is 1.83. The largest absolute Gasteiger partial charge is 0.316 e. The molecular formula is CH4CoMgMnO. The molecule has 0 fully saturated rings. The van der Waals surface area contributed by atoms with E-state index < -0.39 is 0 Å². The third-order valence-electron chi connectivity index (χ3n) is 0. The Balaban J connectivity index is -0.00000000167. The van der Waals surface area contributed by atoms with Crippen molar-refractivity contribution in [3.63, 3.8) is 0 Å². The van der Waals surface area contributed by atoms with Crippen molar-refractivity contribution in [1.29, 1.82) is 0 Å². The van der Waals surface area contributed by atoms with Gasteiger partial charge in [0.25, 0.3) is 0 Å². The van der Waals surface area contributed by atoms with E-state index in [4.69, 9.17) is 4.79 Å². The molecule has 0 heterocycles. The Morgan fingerprint density at radius 1 is 1.20 bits per heavy atom. The van der Waals surface area contributed by atoms with E-state index in [-0.39, 0.29) is 56.9 Å². The third kappa shape index (κ3) is 30.6. The van der Waals surface area contributed by atoms with Gasteiger partial charge in [0.15, 0.2) is 0 Å². The van der Waals surface area contributed by atoms with Crippen LogP contribution in [0.5, 0.6) is 0 Å². The van der Waals surface area contributed by atoms with Crippen LogP contribution in [0, 0.1) is 0 Å². The molecule has 0 rings (SSSR count). The van der Waals surface area contributed by atoms with Crippen molar-refractivity contribution in [1.82, 2.24) is 0 Å². The van der Waals surface area contributed by atoms with Gasteiger partial charge in [0.1, 0.15) is 6.79 Å². The average molecular weight is 170 g/mol. The summed E-state index contributed by atoms with van der Waals surface area (Å²) in [6, 6.07) is 0. The van der Waals surface area contributed by atoms with Crippen LogP contribution in [0.15, 0.2) is 0 Å². The second-order valence-corrected chi connectivity index (χ2v) is 0. The van der Waals surface area contributed by atoms with Crippen molar-refractivity contribution in [2.45, 2.75) is 0 Å². The molecule has 0 saturated carbocycles. The normalized spacial score (nSPS) is 0.800. The minimum atomic E-state index is 0. The first-order valence-corrected chi connectivity index (χ1v) is 0.289. The van der Waals surface area contributed by atoms with Crippen LogP contribution in [0.2, 0.25) is 0 Å². The first kappa shape index (κ1) is 31.8.